The van der Waals surface area contributed by atoms with Crippen molar-refractivity contribution in [2.45, 2.75) is 24.2 Å². The number of sulfone groups is 1. The summed E-state index contributed by atoms with van der Waals surface area (Å²) in [5.74, 6) is 0.136. The van der Waals surface area contributed by atoms with Crippen LogP contribution in [-0.4, -0.2) is 31.0 Å². The van der Waals surface area contributed by atoms with Gasteiger partial charge in [0.1, 0.15) is 5.75 Å². The molecule has 5 heteroatoms. The van der Waals surface area contributed by atoms with E-state index in [1.807, 2.05) is 0 Å². The van der Waals surface area contributed by atoms with Crippen LogP contribution in [0.3, 0.4) is 0 Å². The van der Waals surface area contributed by atoms with Gasteiger partial charge in [0.2, 0.25) is 0 Å². The second-order valence-electron chi connectivity index (χ2n) is 3.60. The summed E-state index contributed by atoms with van der Waals surface area (Å²) in [5.41, 5.74) is 0. The van der Waals surface area contributed by atoms with Gasteiger partial charge in [0, 0.05) is 6.61 Å². The number of unbranched alkanes of at least 4 members (excludes halogenated alkanes) is 2. The van der Waals surface area contributed by atoms with E-state index in [1.54, 1.807) is 0 Å². The summed E-state index contributed by atoms with van der Waals surface area (Å²) in [5, 5.41) is 17.6. The molecule has 0 spiro atoms. The first-order valence-corrected chi connectivity index (χ1v) is 6.84. The molecule has 0 radical (unpaired) electrons. The van der Waals surface area contributed by atoms with Crippen molar-refractivity contribution in [1.29, 1.82) is 0 Å². The van der Waals surface area contributed by atoms with Gasteiger partial charge in [-0.05, 0) is 37.1 Å². The van der Waals surface area contributed by atoms with E-state index >= 15 is 0 Å². The molecule has 0 unspecified atom stereocenters. The third-order valence-electron chi connectivity index (χ3n) is 2.27. The van der Waals surface area contributed by atoms with Crippen LogP contribution in [0, 0.1) is 0 Å². The van der Waals surface area contributed by atoms with Crippen molar-refractivity contribution in [3.63, 3.8) is 0 Å². The van der Waals surface area contributed by atoms with Crippen molar-refractivity contribution in [1.82, 2.24) is 0 Å². The molecule has 2 N–H and O–H groups in total. The first-order valence-electron chi connectivity index (χ1n) is 5.19. The van der Waals surface area contributed by atoms with Crippen molar-refractivity contribution < 1.29 is 18.6 Å². The van der Waals surface area contributed by atoms with Gasteiger partial charge >= 0.3 is 0 Å². The maximum atomic E-state index is 11.8. The molecule has 16 heavy (non-hydrogen) atoms. The lowest BCUT2D eigenvalue weighted by Crippen LogP contribution is -2.06. The van der Waals surface area contributed by atoms with Gasteiger partial charge in [-0.1, -0.05) is 6.42 Å². The number of hydrogen-bond donors (Lipinski definition) is 2. The number of aromatic hydroxyl groups is 1. The zero-order valence-electron chi connectivity index (χ0n) is 8.96. The number of aliphatic hydroxyl groups is 1. The van der Waals surface area contributed by atoms with Crippen molar-refractivity contribution in [2.75, 3.05) is 12.4 Å². The Morgan fingerprint density at radius 3 is 2.19 bits per heavy atom. The van der Waals surface area contributed by atoms with Gasteiger partial charge in [0.25, 0.3) is 0 Å². The van der Waals surface area contributed by atoms with E-state index in [1.165, 1.54) is 24.3 Å². The van der Waals surface area contributed by atoms with Crippen LogP contribution in [0.4, 0.5) is 0 Å². The Balaban J connectivity index is 2.60. The highest BCUT2D eigenvalue weighted by atomic mass is 32.2. The standard InChI is InChI=1S/C11H16O4S/c12-8-2-1-3-9-16(14,15)11-6-4-10(13)5-7-11/h4-7,12-13H,1-3,8-9H2. The van der Waals surface area contributed by atoms with Crippen LogP contribution < -0.4 is 0 Å². The summed E-state index contributed by atoms with van der Waals surface area (Å²) >= 11 is 0. The molecule has 1 aromatic carbocycles. The van der Waals surface area contributed by atoms with E-state index in [4.69, 9.17) is 10.2 Å². The lowest BCUT2D eigenvalue weighted by Gasteiger charge is -2.04. The van der Waals surface area contributed by atoms with Crippen LogP contribution in [0.1, 0.15) is 19.3 Å². The minimum Gasteiger partial charge on any atom is -0.508 e. The van der Waals surface area contributed by atoms with Crippen LogP contribution in [-0.2, 0) is 9.84 Å². The molecule has 0 aliphatic heterocycles. The Hall–Kier alpha value is -1.07. The Labute approximate surface area is 95.5 Å². The first-order chi connectivity index (χ1) is 7.56. The predicted molar refractivity (Wildman–Crippen MR) is 61.1 cm³/mol. The Morgan fingerprint density at radius 1 is 1.00 bits per heavy atom. The zero-order valence-corrected chi connectivity index (χ0v) is 9.78. The minimum atomic E-state index is -3.25. The molecule has 0 saturated heterocycles. The molecular weight excluding hydrogens is 228 g/mol. The fraction of sp³-hybridized carbons (Fsp3) is 0.455. The summed E-state index contributed by atoms with van der Waals surface area (Å²) in [6.45, 7) is 0.0965. The fourth-order valence-corrected chi connectivity index (χ4v) is 2.72. The number of rotatable bonds is 6. The molecule has 0 aromatic heterocycles. The van der Waals surface area contributed by atoms with Gasteiger partial charge in [-0.2, -0.15) is 0 Å². The van der Waals surface area contributed by atoms with E-state index in [9.17, 15) is 8.42 Å². The van der Waals surface area contributed by atoms with Gasteiger partial charge in [0.15, 0.2) is 9.84 Å². The Morgan fingerprint density at radius 2 is 1.62 bits per heavy atom. The maximum Gasteiger partial charge on any atom is 0.178 e. The lowest BCUT2D eigenvalue weighted by atomic mass is 10.3. The largest absolute Gasteiger partial charge is 0.508 e. The number of benzene rings is 1. The number of phenols is 1. The molecule has 0 saturated carbocycles. The van der Waals surface area contributed by atoms with E-state index in [2.05, 4.69) is 0 Å². The summed E-state index contributed by atoms with van der Waals surface area (Å²) in [7, 11) is -3.25. The second-order valence-corrected chi connectivity index (χ2v) is 5.71. The average Bonchev–Trinajstić information content (AvgIpc) is 2.25. The first kappa shape index (κ1) is 13.0. The minimum absolute atomic E-state index is 0.0548. The molecule has 0 aliphatic rings. The molecule has 90 valence electrons. The van der Waals surface area contributed by atoms with Gasteiger partial charge in [0.05, 0.1) is 10.6 Å². The van der Waals surface area contributed by atoms with Crippen LogP contribution in [0.25, 0.3) is 0 Å². The van der Waals surface area contributed by atoms with Crippen molar-refractivity contribution in [3.8, 4) is 5.75 Å². The summed E-state index contributed by atoms with van der Waals surface area (Å²) in [6, 6.07) is 5.52. The third-order valence-corrected chi connectivity index (χ3v) is 4.08. The highest BCUT2D eigenvalue weighted by molar-refractivity contribution is 7.91. The molecule has 1 rings (SSSR count). The van der Waals surface area contributed by atoms with E-state index in [0.717, 1.165) is 0 Å². The molecule has 0 aliphatic carbocycles. The van der Waals surface area contributed by atoms with E-state index in [0.29, 0.717) is 19.3 Å². The highest BCUT2D eigenvalue weighted by Gasteiger charge is 2.13. The molecule has 0 heterocycles. The normalized spacial score (nSPS) is 11.6. The van der Waals surface area contributed by atoms with Crippen molar-refractivity contribution in [3.05, 3.63) is 24.3 Å². The summed E-state index contributed by atoms with van der Waals surface area (Å²) in [6.07, 6.45) is 1.88. The summed E-state index contributed by atoms with van der Waals surface area (Å²) in [4.78, 5) is 0.231. The van der Waals surface area contributed by atoms with Crippen LogP contribution in [0.2, 0.25) is 0 Å². The van der Waals surface area contributed by atoms with E-state index in [-0.39, 0.29) is 23.0 Å². The third kappa shape index (κ3) is 3.83. The Bertz CT molecular complexity index is 408. The van der Waals surface area contributed by atoms with Gasteiger partial charge in [-0.3, -0.25) is 0 Å². The summed E-state index contributed by atoms with van der Waals surface area (Å²) < 4.78 is 23.5. The van der Waals surface area contributed by atoms with Crippen molar-refractivity contribution >= 4 is 9.84 Å². The van der Waals surface area contributed by atoms with Crippen LogP contribution >= 0.6 is 0 Å². The van der Waals surface area contributed by atoms with Gasteiger partial charge in [-0.15, -0.1) is 0 Å². The predicted octanol–water partition coefficient (Wildman–Crippen LogP) is 1.33. The fourth-order valence-electron chi connectivity index (χ4n) is 1.35. The quantitative estimate of drug-likeness (QED) is 0.740. The second kappa shape index (κ2) is 5.86. The van der Waals surface area contributed by atoms with Gasteiger partial charge < -0.3 is 10.2 Å². The van der Waals surface area contributed by atoms with Crippen molar-refractivity contribution in [2.24, 2.45) is 0 Å². The number of hydrogen-bond acceptors (Lipinski definition) is 4. The molecular formula is C11H16O4S. The molecule has 0 atom stereocenters. The SMILES string of the molecule is O=S(=O)(CCCCCO)c1ccc(O)cc1. The monoisotopic (exact) mass is 244 g/mol. The molecule has 4 nitrogen and oxygen atoms in total. The molecule has 1 aromatic rings. The van der Waals surface area contributed by atoms with Gasteiger partial charge in [-0.25, -0.2) is 8.42 Å². The number of phenolic OH excluding ortho intramolecular Hbond substituents is 1. The number of aliphatic hydroxyl groups excluding tert-OH is 1. The maximum absolute atomic E-state index is 11.8. The highest BCUT2D eigenvalue weighted by Crippen LogP contribution is 2.16. The van der Waals surface area contributed by atoms with Crippen LogP contribution in [0.5, 0.6) is 5.75 Å². The average molecular weight is 244 g/mol. The zero-order chi connectivity index (χ0) is 12.0. The van der Waals surface area contributed by atoms with Crippen LogP contribution in [0.15, 0.2) is 29.2 Å². The molecule has 0 bridgehead atoms. The smallest absolute Gasteiger partial charge is 0.178 e. The lowest BCUT2D eigenvalue weighted by molar-refractivity contribution is 0.284. The molecule has 0 amide bonds. The van der Waals surface area contributed by atoms with E-state index < -0.39 is 9.84 Å². The Kier molecular flexibility index (Phi) is 4.76. The molecule has 0 fully saturated rings. The topological polar surface area (TPSA) is 74.6 Å².